The summed E-state index contributed by atoms with van der Waals surface area (Å²) in [5.41, 5.74) is 1.99. The number of hydrogen-bond donors (Lipinski definition) is 2. The molecule has 0 radical (unpaired) electrons. The van der Waals surface area contributed by atoms with Gasteiger partial charge in [-0.3, -0.25) is 4.98 Å². The molecule has 2 heterocycles. The number of anilines is 1. The van der Waals surface area contributed by atoms with Crippen LogP contribution < -0.4 is 10.6 Å². The van der Waals surface area contributed by atoms with Crippen molar-refractivity contribution in [3.8, 4) is 0 Å². The van der Waals surface area contributed by atoms with Crippen molar-refractivity contribution >= 4 is 11.7 Å². The highest BCUT2D eigenvalue weighted by Gasteiger charge is 2.29. The first kappa shape index (κ1) is 14.5. The topological polar surface area (TPSA) is 63.2 Å². The SMILES string of the molecule is O=C(Nc1ccccc1)N[C@H]1COC[C@H]1Cc1ccncc1. The third kappa shape index (κ3) is 3.83. The van der Waals surface area contributed by atoms with Crippen molar-refractivity contribution in [3.05, 3.63) is 60.4 Å². The van der Waals surface area contributed by atoms with Crippen LogP contribution in [0.4, 0.5) is 10.5 Å². The fourth-order valence-electron chi connectivity index (χ4n) is 2.64. The van der Waals surface area contributed by atoms with Gasteiger partial charge in [0.1, 0.15) is 0 Å². The highest BCUT2D eigenvalue weighted by Crippen LogP contribution is 2.19. The summed E-state index contributed by atoms with van der Waals surface area (Å²) < 4.78 is 5.53. The Balaban J connectivity index is 1.55. The van der Waals surface area contributed by atoms with Gasteiger partial charge in [-0.15, -0.1) is 0 Å². The Morgan fingerprint density at radius 3 is 2.68 bits per heavy atom. The largest absolute Gasteiger partial charge is 0.379 e. The molecular formula is C17H19N3O2. The second-order valence-corrected chi connectivity index (χ2v) is 5.43. The van der Waals surface area contributed by atoms with Crippen LogP contribution in [-0.4, -0.2) is 30.3 Å². The number of nitrogens with one attached hydrogen (secondary N) is 2. The number of amides is 2. The quantitative estimate of drug-likeness (QED) is 0.911. The maximum Gasteiger partial charge on any atom is 0.319 e. The molecule has 2 aromatic rings. The number of pyridine rings is 1. The van der Waals surface area contributed by atoms with Crippen molar-refractivity contribution < 1.29 is 9.53 Å². The van der Waals surface area contributed by atoms with Crippen molar-refractivity contribution in [2.24, 2.45) is 5.92 Å². The molecule has 0 saturated carbocycles. The average Bonchev–Trinajstić information content (AvgIpc) is 2.96. The maximum atomic E-state index is 12.1. The van der Waals surface area contributed by atoms with Gasteiger partial charge in [-0.1, -0.05) is 18.2 Å². The monoisotopic (exact) mass is 297 g/mol. The Morgan fingerprint density at radius 2 is 1.91 bits per heavy atom. The van der Waals surface area contributed by atoms with Gasteiger partial charge in [-0.25, -0.2) is 4.79 Å². The number of hydrogen-bond acceptors (Lipinski definition) is 3. The van der Waals surface area contributed by atoms with E-state index >= 15 is 0 Å². The number of nitrogens with zero attached hydrogens (tertiary/aromatic N) is 1. The molecule has 1 aromatic carbocycles. The first-order valence-corrected chi connectivity index (χ1v) is 7.40. The molecule has 1 fully saturated rings. The Morgan fingerprint density at radius 1 is 1.14 bits per heavy atom. The summed E-state index contributed by atoms with van der Waals surface area (Å²) >= 11 is 0. The van der Waals surface area contributed by atoms with E-state index in [1.165, 1.54) is 5.56 Å². The number of rotatable bonds is 4. The lowest BCUT2D eigenvalue weighted by Gasteiger charge is -2.19. The van der Waals surface area contributed by atoms with Gasteiger partial charge in [0, 0.05) is 24.0 Å². The summed E-state index contributed by atoms with van der Waals surface area (Å²) in [6.07, 6.45) is 4.45. The van der Waals surface area contributed by atoms with Crippen LogP contribution >= 0.6 is 0 Å². The lowest BCUT2D eigenvalue weighted by molar-refractivity contribution is 0.182. The summed E-state index contributed by atoms with van der Waals surface area (Å²) in [7, 11) is 0. The summed E-state index contributed by atoms with van der Waals surface area (Å²) in [5, 5.41) is 5.84. The van der Waals surface area contributed by atoms with Crippen LogP contribution in [0, 0.1) is 5.92 Å². The van der Waals surface area contributed by atoms with Gasteiger partial charge >= 0.3 is 6.03 Å². The van der Waals surface area contributed by atoms with E-state index in [0.29, 0.717) is 13.2 Å². The number of carbonyl (C=O) groups is 1. The predicted molar refractivity (Wildman–Crippen MR) is 84.6 cm³/mol. The Kier molecular flexibility index (Phi) is 4.65. The third-order valence-corrected chi connectivity index (χ3v) is 3.79. The molecule has 3 rings (SSSR count). The van der Waals surface area contributed by atoms with Gasteiger partial charge in [-0.2, -0.15) is 0 Å². The number of ether oxygens (including phenoxy) is 1. The number of benzene rings is 1. The molecule has 2 amide bonds. The van der Waals surface area contributed by atoms with E-state index < -0.39 is 0 Å². The molecule has 114 valence electrons. The van der Waals surface area contributed by atoms with E-state index in [1.807, 2.05) is 42.5 Å². The maximum absolute atomic E-state index is 12.1. The highest BCUT2D eigenvalue weighted by atomic mass is 16.5. The van der Waals surface area contributed by atoms with E-state index in [9.17, 15) is 4.79 Å². The summed E-state index contributed by atoms with van der Waals surface area (Å²) in [6.45, 7) is 1.22. The molecule has 1 saturated heterocycles. The molecule has 2 N–H and O–H groups in total. The Labute approximate surface area is 129 Å². The molecule has 5 heteroatoms. The minimum atomic E-state index is -0.193. The molecule has 5 nitrogen and oxygen atoms in total. The molecule has 22 heavy (non-hydrogen) atoms. The molecule has 1 aromatic heterocycles. The van der Waals surface area contributed by atoms with Crippen LogP contribution in [0.25, 0.3) is 0 Å². The van der Waals surface area contributed by atoms with Crippen LogP contribution in [0.2, 0.25) is 0 Å². The molecule has 1 aliphatic rings. The summed E-state index contributed by atoms with van der Waals surface area (Å²) in [6, 6.07) is 13.2. The third-order valence-electron chi connectivity index (χ3n) is 3.79. The average molecular weight is 297 g/mol. The lowest BCUT2D eigenvalue weighted by atomic mass is 9.95. The number of carbonyl (C=O) groups excluding carboxylic acids is 1. The Bertz CT molecular complexity index is 604. The van der Waals surface area contributed by atoms with Crippen LogP contribution in [0.5, 0.6) is 0 Å². The first-order chi connectivity index (χ1) is 10.8. The van der Waals surface area contributed by atoms with Crippen LogP contribution in [0.1, 0.15) is 5.56 Å². The van der Waals surface area contributed by atoms with Crippen molar-refractivity contribution in [1.29, 1.82) is 0 Å². The number of urea groups is 1. The zero-order valence-electron chi connectivity index (χ0n) is 12.2. The molecule has 0 bridgehead atoms. The zero-order valence-corrected chi connectivity index (χ0v) is 12.2. The number of para-hydroxylation sites is 1. The molecular weight excluding hydrogens is 278 g/mol. The van der Waals surface area contributed by atoms with Gasteiger partial charge in [0.25, 0.3) is 0 Å². The Hall–Kier alpha value is -2.40. The smallest absolute Gasteiger partial charge is 0.319 e. The van der Waals surface area contributed by atoms with Crippen molar-refractivity contribution in [2.75, 3.05) is 18.5 Å². The lowest BCUT2D eigenvalue weighted by Crippen LogP contribution is -2.42. The van der Waals surface area contributed by atoms with Gasteiger partial charge in [0.15, 0.2) is 0 Å². The van der Waals surface area contributed by atoms with Crippen LogP contribution in [0.3, 0.4) is 0 Å². The van der Waals surface area contributed by atoms with Gasteiger partial charge < -0.3 is 15.4 Å². The van der Waals surface area contributed by atoms with Crippen LogP contribution in [-0.2, 0) is 11.2 Å². The van der Waals surface area contributed by atoms with Crippen LogP contribution in [0.15, 0.2) is 54.9 Å². The van der Waals surface area contributed by atoms with E-state index in [0.717, 1.165) is 12.1 Å². The molecule has 0 aliphatic carbocycles. The van der Waals surface area contributed by atoms with Gasteiger partial charge in [-0.05, 0) is 36.2 Å². The molecule has 1 aliphatic heterocycles. The van der Waals surface area contributed by atoms with E-state index in [2.05, 4.69) is 15.6 Å². The second-order valence-electron chi connectivity index (χ2n) is 5.43. The fraction of sp³-hybridized carbons (Fsp3) is 0.294. The standard InChI is InChI=1S/C17H19N3O2/c21-17(19-15-4-2-1-3-5-15)20-16-12-22-11-14(16)10-13-6-8-18-9-7-13/h1-9,14,16H,10-12H2,(H2,19,20,21)/t14-,16+/m1/s1. The normalized spacial score (nSPS) is 20.5. The first-order valence-electron chi connectivity index (χ1n) is 7.40. The van der Waals surface area contributed by atoms with Crippen molar-refractivity contribution in [1.82, 2.24) is 10.3 Å². The fourth-order valence-corrected chi connectivity index (χ4v) is 2.64. The van der Waals surface area contributed by atoms with E-state index in [-0.39, 0.29) is 18.0 Å². The molecule has 0 spiro atoms. The predicted octanol–water partition coefficient (Wildman–Crippen LogP) is 2.46. The minimum Gasteiger partial charge on any atom is -0.379 e. The van der Waals surface area contributed by atoms with E-state index in [1.54, 1.807) is 12.4 Å². The molecule has 0 unspecified atom stereocenters. The van der Waals surface area contributed by atoms with Gasteiger partial charge in [0.05, 0.1) is 19.3 Å². The second kappa shape index (κ2) is 7.04. The van der Waals surface area contributed by atoms with Gasteiger partial charge in [0.2, 0.25) is 0 Å². The van der Waals surface area contributed by atoms with Crippen molar-refractivity contribution in [2.45, 2.75) is 12.5 Å². The zero-order chi connectivity index (χ0) is 15.2. The minimum absolute atomic E-state index is 0.0249. The highest BCUT2D eigenvalue weighted by molar-refractivity contribution is 5.89. The summed E-state index contributed by atoms with van der Waals surface area (Å²) in [5.74, 6) is 0.281. The molecule has 2 atom stereocenters. The number of aromatic nitrogens is 1. The summed E-state index contributed by atoms with van der Waals surface area (Å²) in [4.78, 5) is 16.1. The van der Waals surface area contributed by atoms with E-state index in [4.69, 9.17) is 4.74 Å². The van der Waals surface area contributed by atoms with Crippen molar-refractivity contribution in [3.63, 3.8) is 0 Å².